The number of Topliss-reactive ketones (excluding diaryl/α,β-unsaturated/α-hetero) is 1. The van der Waals surface area contributed by atoms with E-state index in [9.17, 15) is 4.79 Å². The minimum absolute atomic E-state index is 0. The third kappa shape index (κ3) is 9.96. The summed E-state index contributed by atoms with van der Waals surface area (Å²) < 4.78 is 0. The van der Waals surface area contributed by atoms with Crippen LogP contribution in [0.5, 0.6) is 0 Å². The summed E-state index contributed by atoms with van der Waals surface area (Å²) in [5.74, 6) is 0.479. The van der Waals surface area contributed by atoms with Crippen LogP contribution in [0.15, 0.2) is 0 Å². The molecule has 0 saturated heterocycles. The third-order valence-corrected chi connectivity index (χ3v) is 2.85. The molecule has 0 aromatic rings. The summed E-state index contributed by atoms with van der Waals surface area (Å²) >= 11 is 0. The molecule has 0 bridgehead atoms. The lowest BCUT2D eigenvalue weighted by Crippen LogP contribution is -2.50. The molecule has 0 aliphatic rings. The van der Waals surface area contributed by atoms with Crippen LogP contribution < -0.4 is 11.1 Å². The van der Waals surface area contributed by atoms with Crippen molar-refractivity contribution >= 4 is 11.6 Å². The highest BCUT2D eigenvalue weighted by atomic mass is 16.1. The minimum atomic E-state index is -0.330. The molecule has 0 rings (SSSR count). The lowest BCUT2D eigenvalue weighted by molar-refractivity contribution is -0.129. The second kappa shape index (κ2) is 8.40. The Labute approximate surface area is 125 Å². The maximum absolute atomic E-state index is 12.4. The van der Waals surface area contributed by atoms with Gasteiger partial charge in [0.15, 0.2) is 5.78 Å². The van der Waals surface area contributed by atoms with Crippen molar-refractivity contribution in [2.75, 3.05) is 0 Å². The van der Waals surface area contributed by atoms with E-state index in [1.165, 1.54) is 0 Å². The summed E-state index contributed by atoms with van der Waals surface area (Å²) in [4.78, 5) is 12.4. The summed E-state index contributed by atoms with van der Waals surface area (Å²) in [6.07, 6.45) is 3.21. The molecule has 0 aliphatic heterocycles. The number of carbonyl (C=O) groups excluding carboxylic acids is 1. The number of carbonyl (C=O) groups is 1. The van der Waals surface area contributed by atoms with E-state index < -0.39 is 0 Å². The zero-order valence-corrected chi connectivity index (χ0v) is 13.4. The number of amidine groups is 1. The smallest absolute Gasteiger partial charge is 0.155 e. The largest absolute Gasteiger partial charge is 0.388 e. The van der Waals surface area contributed by atoms with Crippen LogP contribution in [0, 0.1) is 10.8 Å². The third-order valence-electron chi connectivity index (χ3n) is 2.85. The van der Waals surface area contributed by atoms with Gasteiger partial charge < -0.3 is 11.1 Å². The van der Waals surface area contributed by atoms with Gasteiger partial charge in [0.1, 0.15) is 0 Å². The molecule has 120 valence electrons. The van der Waals surface area contributed by atoms with Gasteiger partial charge in [0.25, 0.3) is 0 Å². The molecule has 4 heteroatoms. The van der Waals surface area contributed by atoms with Gasteiger partial charge >= 0.3 is 0 Å². The standard InChI is InChI=1S/C15H31N3O.CH4/c1-14(2,3)13(19)11(18-15(4,5)6)9-7-8-10-12(16)17;/h11,18H,7-10H2,1-6H3,(H3,16,17);1H4/t11-;/m0./s1. The van der Waals surface area contributed by atoms with Crippen molar-refractivity contribution in [2.45, 2.75) is 86.2 Å². The van der Waals surface area contributed by atoms with Gasteiger partial charge in [0, 0.05) is 17.4 Å². The van der Waals surface area contributed by atoms with Gasteiger partial charge in [-0.3, -0.25) is 10.2 Å². The average molecular weight is 285 g/mol. The number of hydrogen-bond acceptors (Lipinski definition) is 3. The Morgan fingerprint density at radius 1 is 1.15 bits per heavy atom. The van der Waals surface area contributed by atoms with Gasteiger partial charge in [-0.25, -0.2) is 0 Å². The summed E-state index contributed by atoms with van der Waals surface area (Å²) in [6.45, 7) is 12.1. The summed E-state index contributed by atoms with van der Waals surface area (Å²) in [6, 6.07) is -0.119. The Bertz CT molecular complexity index is 311. The molecule has 1 atom stereocenters. The quantitative estimate of drug-likeness (QED) is 0.380. The number of unbranched alkanes of at least 4 members (excludes halogenated alkanes) is 1. The molecule has 4 nitrogen and oxygen atoms in total. The molecule has 20 heavy (non-hydrogen) atoms. The van der Waals surface area contributed by atoms with Crippen LogP contribution in [0.1, 0.15) is 74.7 Å². The highest BCUT2D eigenvalue weighted by Gasteiger charge is 2.31. The van der Waals surface area contributed by atoms with Crippen molar-refractivity contribution in [3.63, 3.8) is 0 Å². The molecular weight excluding hydrogens is 250 g/mol. The summed E-state index contributed by atoms with van der Waals surface area (Å²) in [5, 5.41) is 10.6. The molecule has 0 heterocycles. The molecule has 0 aromatic heterocycles. The van der Waals surface area contributed by atoms with Crippen LogP contribution in [0.4, 0.5) is 0 Å². The molecular formula is C16H35N3O. The van der Waals surface area contributed by atoms with Crippen LogP contribution >= 0.6 is 0 Å². The van der Waals surface area contributed by atoms with Crippen molar-refractivity contribution < 1.29 is 4.79 Å². The number of nitrogens with two attached hydrogens (primary N) is 1. The fourth-order valence-electron chi connectivity index (χ4n) is 1.98. The number of ketones is 1. The number of hydrogen-bond donors (Lipinski definition) is 3. The molecule has 0 aliphatic carbocycles. The van der Waals surface area contributed by atoms with E-state index in [1.807, 2.05) is 20.8 Å². The highest BCUT2D eigenvalue weighted by Crippen LogP contribution is 2.21. The normalized spacial score (nSPS) is 13.5. The molecule has 4 N–H and O–H groups in total. The first kappa shape index (κ1) is 21.4. The van der Waals surface area contributed by atoms with Gasteiger partial charge in [0.2, 0.25) is 0 Å². The van der Waals surface area contributed by atoms with Crippen molar-refractivity contribution in [3.05, 3.63) is 0 Å². The van der Waals surface area contributed by atoms with Crippen molar-refractivity contribution in [2.24, 2.45) is 11.1 Å². The van der Waals surface area contributed by atoms with Crippen LogP contribution in [-0.2, 0) is 4.79 Å². The van der Waals surface area contributed by atoms with Crippen LogP contribution in [0.3, 0.4) is 0 Å². The van der Waals surface area contributed by atoms with E-state index in [4.69, 9.17) is 11.1 Å². The Morgan fingerprint density at radius 3 is 2.00 bits per heavy atom. The fourth-order valence-corrected chi connectivity index (χ4v) is 1.98. The minimum Gasteiger partial charge on any atom is -0.388 e. The zero-order valence-electron chi connectivity index (χ0n) is 13.4. The average Bonchev–Trinajstić information content (AvgIpc) is 2.18. The number of nitrogens with one attached hydrogen (secondary N) is 2. The lowest BCUT2D eigenvalue weighted by atomic mass is 9.83. The Morgan fingerprint density at radius 2 is 1.65 bits per heavy atom. The predicted molar refractivity (Wildman–Crippen MR) is 88.3 cm³/mol. The van der Waals surface area contributed by atoms with Crippen LogP contribution in [0.2, 0.25) is 0 Å². The Hall–Kier alpha value is -0.900. The second-order valence-electron chi connectivity index (χ2n) is 7.33. The van der Waals surface area contributed by atoms with E-state index in [2.05, 4.69) is 26.1 Å². The first-order valence-corrected chi connectivity index (χ1v) is 7.08. The zero-order chi connectivity index (χ0) is 15.3. The Balaban J connectivity index is 0. The van der Waals surface area contributed by atoms with E-state index in [1.54, 1.807) is 0 Å². The van der Waals surface area contributed by atoms with E-state index in [0.29, 0.717) is 6.42 Å². The van der Waals surface area contributed by atoms with Crippen LogP contribution in [-0.4, -0.2) is 23.2 Å². The van der Waals surface area contributed by atoms with Crippen molar-refractivity contribution in [1.82, 2.24) is 5.32 Å². The summed E-state index contributed by atoms with van der Waals surface area (Å²) in [7, 11) is 0. The van der Waals surface area contributed by atoms with Gasteiger partial charge in [-0.15, -0.1) is 0 Å². The molecule has 0 unspecified atom stereocenters. The van der Waals surface area contributed by atoms with E-state index >= 15 is 0 Å². The number of rotatable bonds is 7. The van der Waals surface area contributed by atoms with Gasteiger partial charge in [-0.1, -0.05) is 34.6 Å². The molecule has 0 spiro atoms. The molecule has 0 aromatic carbocycles. The van der Waals surface area contributed by atoms with Gasteiger partial charge in [0.05, 0.1) is 11.9 Å². The van der Waals surface area contributed by atoms with Crippen LogP contribution in [0.25, 0.3) is 0 Å². The van der Waals surface area contributed by atoms with E-state index in [-0.39, 0.29) is 36.0 Å². The van der Waals surface area contributed by atoms with Crippen molar-refractivity contribution in [3.8, 4) is 0 Å². The first-order valence-electron chi connectivity index (χ1n) is 7.08. The fraction of sp³-hybridized carbons (Fsp3) is 0.875. The monoisotopic (exact) mass is 285 g/mol. The summed E-state index contributed by atoms with van der Waals surface area (Å²) in [5.41, 5.74) is 4.93. The molecule has 0 amide bonds. The van der Waals surface area contributed by atoms with Gasteiger partial charge in [-0.2, -0.15) is 0 Å². The van der Waals surface area contributed by atoms with Gasteiger partial charge in [-0.05, 0) is 33.6 Å². The maximum atomic E-state index is 12.4. The van der Waals surface area contributed by atoms with Crippen molar-refractivity contribution in [1.29, 1.82) is 5.41 Å². The Kier molecular flexibility index (Phi) is 8.99. The predicted octanol–water partition coefficient (Wildman–Crippen LogP) is 3.49. The van der Waals surface area contributed by atoms with E-state index in [0.717, 1.165) is 19.3 Å². The topological polar surface area (TPSA) is 79.0 Å². The SMILES string of the molecule is C.CC(C)(C)N[C@@H](CCCCC(=N)N)C(=O)C(C)(C)C. The molecule has 0 saturated carbocycles. The lowest BCUT2D eigenvalue weighted by Gasteiger charge is -2.31. The molecule has 0 fully saturated rings. The maximum Gasteiger partial charge on any atom is 0.155 e. The molecule has 0 radical (unpaired) electrons. The first-order chi connectivity index (χ1) is 8.43. The second-order valence-corrected chi connectivity index (χ2v) is 7.33. The highest BCUT2D eigenvalue weighted by molar-refractivity contribution is 5.88.